The lowest BCUT2D eigenvalue weighted by molar-refractivity contribution is -0.384. The molecule has 92 valence electrons. The van der Waals surface area contributed by atoms with Crippen molar-refractivity contribution in [1.82, 2.24) is 0 Å². The molecule has 0 spiro atoms. The van der Waals surface area contributed by atoms with Gasteiger partial charge in [-0.2, -0.15) is 0 Å². The van der Waals surface area contributed by atoms with Gasteiger partial charge in [-0.3, -0.25) is 14.9 Å². The topological polar surface area (TPSA) is 118 Å². The van der Waals surface area contributed by atoms with Crippen molar-refractivity contribution in [1.29, 1.82) is 0 Å². The van der Waals surface area contributed by atoms with E-state index in [1.54, 1.807) is 0 Å². The van der Waals surface area contributed by atoms with Crippen molar-refractivity contribution >= 4 is 17.3 Å². The summed E-state index contributed by atoms with van der Waals surface area (Å²) in [5.74, 6) is -0.713. The molecule has 0 aliphatic rings. The summed E-state index contributed by atoms with van der Waals surface area (Å²) in [7, 11) is 0. The van der Waals surface area contributed by atoms with Gasteiger partial charge in [0.05, 0.1) is 4.92 Å². The molecule has 0 aromatic heterocycles. The van der Waals surface area contributed by atoms with E-state index in [1.807, 2.05) is 0 Å². The van der Waals surface area contributed by atoms with Gasteiger partial charge in [-0.15, -0.1) is 0 Å². The number of nitrogens with two attached hydrogens (primary N) is 1. The lowest BCUT2D eigenvalue weighted by Crippen LogP contribution is -2.12. The highest BCUT2D eigenvalue weighted by molar-refractivity contribution is 5.94. The monoisotopic (exact) mass is 239 g/mol. The van der Waals surface area contributed by atoms with Gasteiger partial charge < -0.3 is 16.2 Å². The number of carbonyl (C=O) groups is 1. The van der Waals surface area contributed by atoms with Crippen LogP contribution < -0.4 is 11.1 Å². The molecule has 0 radical (unpaired) electrons. The number of benzene rings is 1. The standard InChI is InChI=1S/C10H13N3O4/c11-10(15)7-2-3-8(12-4-1-5-14)9(6-7)13(16)17/h2-3,6,12,14H,1,4-5H2,(H2,11,15). The van der Waals surface area contributed by atoms with Crippen LogP contribution in [0.2, 0.25) is 0 Å². The van der Waals surface area contributed by atoms with Gasteiger partial charge in [-0.1, -0.05) is 0 Å². The Hall–Kier alpha value is -2.15. The number of nitrogens with one attached hydrogen (secondary N) is 1. The molecule has 0 saturated carbocycles. The third-order valence-electron chi connectivity index (χ3n) is 2.13. The molecule has 0 aliphatic heterocycles. The molecule has 0 heterocycles. The minimum Gasteiger partial charge on any atom is -0.396 e. The van der Waals surface area contributed by atoms with Crippen molar-refractivity contribution in [3.63, 3.8) is 0 Å². The summed E-state index contributed by atoms with van der Waals surface area (Å²) in [6, 6.07) is 3.97. The van der Waals surface area contributed by atoms with Crippen molar-refractivity contribution in [2.24, 2.45) is 5.73 Å². The van der Waals surface area contributed by atoms with Crippen molar-refractivity contribution in [3.8, 4) is 0 Å². The van der Waals surface area contributed by atoms with Crippen LogP contribution in [0.25, 0.3) is 0 Å². The highest BCUT2D eigenvalue weighted by Crippen LogP contribution is 2.25. The zero-order chi connectivity index (χ0) is 12.8. The van der Waals surface area contributed by atoms with E-state index in [0.717, 1.165) is 6.07 Å². The number of aliphatic hydroxyl groups is 1. The summed E-state index contributed by atoms with van der Waals surface area (Å²) in [6.45, 7) is 0.410. The predicted octanol–water partition coefficient (Wildman–Crippen LogP) is 0.488. The first-order chi connectivity index (χ1) is 8.06. The number of nitro benzene ring substituents is 1. The smallest absolute Gasteiger partial charge is 0.293 e. The normalized spacial score (nSPS) is 9.94. The lowest BCUT2D eigenvalue weighted by Gasteiger charge is -2.06. The summed E-state index contributed by atoms with van der Waals surface area (Å²) >= 11 is 0. The van der Waals surface area contributed by atoms with Gasteiger partial charge in [-0.25, -0.2) is 0 Å². The van der Waals surface area contributed by atoms with E-state index in [-0.39, 0.29) is 17.9 Å². The number of hydrogen-bond donors (Lipinski definition) is 3. The minimum absolute atomic E-state index is 0.000166. The van der Waals surface area contributed by atoms with Gasteiger partial charge >= 0.3 is 0 Å². The number of primary amides is 1. The van der Waals surface area contributed by atoms with Crippen LogP contribution in [0.5, 0.6) is 0 Å². The second-order valence-corrected chi connectivity index (χ2v) is 3.36. The van der Waals surface area contributed by atoms with Crippen LogP contribution in [0, 0.1) is 10.1 Å². The summed E-state index contributed by atoms with van der Waals surface area (Å²) in [5.41, 5.74) is 5.22. The van der Waals surface area contributed by atoms with Crippen molar-refractivity contribution in [3.05, 3.63) is 33.9 Å². The van der Waals surface area contributed by atoms with Gasteiger partial charge in [-0.05, 0) is 18.6 Å². The van der Waals surface area contributed by atoms with E-state index in [9.17, 15) is 14.9 Å². The Labute approximate surface area is 97.4 Å². The summed E-state index contributed by atoms with van der Waals surface area (Å²) in [5, 5.41) is 22.2. The van der Waals surface area contributed by atoms with Gasteiger partial charge in [0.2, 0.25) is 5.91 Å². The van der Waals surface area contributed by atoms with Gasteiger partial charge in [0.25, 0.3) is 5.69 Å². The van der Waals surface area contributed by atoms with Crippen molar-refractivity contribution in [2.45, 2.75) is 6.42 Å². The first-order valence-electron chi connectivity index (χ1n) is 4.99. The highest BCUT2D eigenvalue weighted by atomic mass is 16.6. The molecule has 0 bridgehead atoms. The quantitative estimate of drug-likeness (QED) is 0.379. The lowest BCUT2D eigenvalue weighted by atomic mass is 10.1. The molecule has 0 atom stereocenters. The summed E-state index contributed by atoms with van der Waals surface area (Å²) in [6.07, 6.45) is 0.481. The largest absolute Gasteiger partial charge is 0.396 e. The van der Waals surface area contributed by atoms with E-state index in [1.165, 1.54) is 12.1 Å². The van der Waals surface area contributed by atoms with Crippen LogP contribution in [0.3, 0.4) is 0 Å². The van der Waals surface area contributed by atoms with Crippen LogP contribution in [-0.2, 0) is 0 Å². The maximum atomic E-state index is 10.9. The van der Waals surface area contributed by atoms with Crippen molar-refractivity contribution in [2.75, 3.05) is 18.5 Å². The number of aliphatic hydroxyl groups excluding tert-OH is 1. The van der Waals surface area contributed by atoms with Crippen LogP contribution in [0.1, 0.15) is 16.8 Å². The van der Waals surface area contributed by atoms with Crippen LogP contribution in [0.15, 0.2) is 18.2 Å². The average molecular weight is 239 g/mol. The summed E-state index contributed by atoms with van der Waals surface area (Å²) in [4.78, 5) is 21.1. The molecular weight excluding hydrogens is 226 g/mol. The number of nitrogens with zero attached hydrogens (tertiary/aromatic N) is 1. The highest BCUT2D eigenvalue weighted by Gasteiger charge is 2.15. The molecule has 4 N–H and O–H groups in total. The van der Waals surface area contributed by atoms with Crippen LogP contribution in [0.4, 0.5) is 11.4 Å². The van der Waals surface area contributed by atoms with E-state index < -0.39 is 10.8 Å². The fourth-order valence-electron chi connectivity index (χ4n) is 1.29. The third kappa shape index (κ3) is 3.42. The van der Waals surface area contributed by atoms with E-state index in [0.29, 0.717) is 18.7 Å². The Morgan fingerprint density at radius 3 is 2.76 bits per heavy atom. The maximum Gasteiger partial charge on any atom is 0.293 e. The number of nitro groups is 1. The second kappa shape index (κ2) is 5.80. The maximum absolute atomic E-state index is 10.9. The predicted molar refractivity (Wildman–Crippen MR) is 61.8 cm³/mol. The molecule has 1 aromatic rings. The van der Waals surface area contributed by atoms with E-state index in [2.05, 4.69) is 5.32 Å². The number of anilines is 1. The molecule has 17 heavy (non-hydrogen) atoms. The van der Waals surface area contributed by atoms with E-state index >= 15 is 0 Å². The number of hydrogen-bond acceptors (Lipinski definition) is 5. The number of amides is 1. The number of rotatable bonds is 6. The second-order valence-electron chi connectivity index (χ2n) is 3.36. The Bertz CT molecular complexity index is 434. The zero-order valence-corrected chi connectivity index (χ0v) is 9.05. The van der Waals surface area contributed by atoms with Gasteiger partial charge in [0, 0.05) is 24.8 Å². The molecule has 1 amide bonds. The molecule has 0 aliphatic carbocycles. The Balaban J connectivity index is 2.96. The molecule has 0 unspecified atom stereocenters. The molecule has 1 rings (SSSR count). The van der Waals surface area contributed by atoms with Crippen LogP contribution >= 0.6 is 0 Å². The molecule has 0 fully saturated rings. The fraction of sp³-hybridized carbons (Fsp3) is 0.300. The van der Waals surface area contributed by atoms with Crippen molar-refractivity contribution < 1.29 is 14.8 Å². The minimum atomic E-state index is -0.713. The first kappa shape index (κ1) is 12.9. The first-order valence-corrected chi connectivity index (χ1v) is 4.99. The molecular formula is C10H13N3O4. The SMILES string of the molecule is NC(=O)c1ccc(NCCCO)c([N+](=O)[O-])c1. The van der Waals surface area contributed by atoms with Gasteiger partial charge in [0.15, 0.2) is 0 Å². The molecule has 7 heteroatoms. The Morgan fingerprint density at radius 2 is 2.24 bits per heavy atom. The number of carbonyl (C=O) groups excluding carboxylic acids is 1. The van der Waals surface area contributed by atoms with Crippen LogP contribution in [-0.4, -0.2) is 29.1 Å². The molecule has 0 saturated heterocycles. The fourth-order valence-corrected chi connectivity index (χ4v) is 1.29. The third-order valence-corrected chi connectivity index (χ3v) is 2.13. The Morgan fingerprint density at radius 1 is 1.53 bits per heavy atom. The molecule has 1 aromatic carbocycles. The van der Waals surface area contributed by atoms with E-state index in [4.69, 9.17) is 10.8 Å². The Kier molecular flexibility index (Phi) is 4.41. The molecule has 7 nitrogen and oxygen atoms in total. The zero-order valence-electron chi connectivity index (χ0n) is 9.05. The van der Waals surface area contributed by atoms with Gasteiger partial charge in [0.1, 0.15) is 5.69 Å². The average Bonchev–Trinajstić information content (AvgIpc) is 2.29. The summed E-state index contributed by atoms with van der Waals surface area (Å²) < 4.78 is 0.